The molecule has 2 nitrogen and oxygen atoms in total. The highest BCUT2D eigenvalue weighted by Crippen LogP contribution is 2.10. The second-order valence-corrected chi connectivity index (χ2v) is 4.57. The predicted molar refractivity (Wildman–Crippen MR) is 57.9 cm³/mol. The molecule has 1 atom stereocenters. The Labute approximate surface area is 82.9 Å². The van der Waals surface area contributed by atoms with E-state index in [-0.39, 0.29) is 6.10 Å². The Morgan fingerprint density at radius 2 is 1.69 bits per heavy atom. The van der Waals surface area contributed by atoms with E-state index in [4.69, 9.17) is 0 Å². The van der Waals surface area contributed by atoms with Crippen LogP contribution in [-0.2, 0) is 0 Å². The van der Waals surface area contributed by atoms with Crippen LogP contribution in [0, 0.1) is 5.92 Å². The molecule has 0 bridgehead atoms. The van der Waals surface area contributed by atoms with Gasteiger partial charge >= 0.3 is 0 Å². The predicted octanol–water partition coefficient (Wildman–Crippen LogP) is 2.13. The summed E-state index contributed by atoms with van der Waals surface area (Å²) >= 11 is 0. The SMILES string of the molecule is CC(C)CCCC(O)CCN(C)C. The van der Waals surface area contributed by atoms with Crippen molar-refractivity contribution in [2.45, 2.75) is 45.6 Å². The molecule has 1 N–H and O–H groups in total. The van der Waals surface area contributed by atoms with Crippen LogP contribution in [0.15, 0.2) is 0 Å². The maximum Gasteiger partial charge on any atom is 0.0552 e. The molecule has 0 heterocycles. The van der Waals surface area contributed by atoms with Crippen molar-refractivity contribution in [2.24, 2.45) is 5.92 Å². The van der Waals surface area contributed by atoms with Gasteiger partial charge in [0.2, 0.25) is 0 Å². The topological polar surface area (TPSA) is 23.5 Å². The zero-order valence-corrected chi connectivity index (χ0v) is 9.58. The van der Waals surface area contributed by atoms with Crippen LogP contribution < -0.4 is 0 Å². The minimum atomic E-state index is -0.0962. The van der Waals surface area contributed by atoms with E-state index in [0.717, 1.165) is 31.7 Å². The van der Waals surface area contributed by atoms with Gasteiger partial charge in [-0.15, -0.1) is 0 Å². The fraction of sp³-hybridized carbons (Fsp3) is 1.00. The third kappa shape index (κ3) is 9.84. The fourth-order valence-electron chi connectivity index (χ4n) is 1.31. The molecule has 2 heteroatoms. The van der Waals surface area contributed by atoms with Gasteiger partial charge in [0.1, 0.15) is 0 Å². The van der Waals surface area contributed by atoms with Crippen LogP contribution in [-0.4, -0.2) is 36.8 Å². The number of hydrogen-bond acceptors (Lipinski definition) is 2. The van der Waals surface area contributed by atoms with Gasteiger partial charge in [-0.05, 0) is 39.4 Å². The fourth-order valence-corrected chi connectivity index (χ4v) is 1.31. The minimum absolute atomic E-state index is 0.0962. The first-order valence-electron chi connectivity index (χ1n) is 5.35. The molecule has 0 spiro atoms. The standard InChI is InChI=1S/C11H25NO/c1-10(2)6-5-7-11(13)8-9-12(3)4/h10-11,13H,5-9H2,1-4H3. The normalized spacial score (nSPS) is 14.1. The Kier molecular flexibility index (Phi) is 7.29. The third-order valence-electron chi connectivity index (χ3n) is 2.23. The van der Waals surface area contributed by atoms with Crippen LogP contribution in [0.3, 0.4) is 0 Å². The van der Waals surface area contributed by atoms with E-state index < -0.39 is 0 Å². The molecule has 0 radical (unpaired) electrons. The Hall–Kier alpha value is -0.0800. The number of aliphatic hydroxyl groups is 1. The first kappa shape index (κ1) is 12.9. The highest BCUT2D eigenvalue weighted by molar-refractivity contribution is 4.58. The molecule has 0 rings (SSSR count). The lowest BCUT2D eigenvalue weighted by Gasteiger charge is -2.14. The largest absolute Gasteiger partial charge is 0.393 e. The molecule has 0 aromatic carbocycles. The molecule has 0 aliphatic rings. The Morgan fingerprint density at radius 3 is 2.15 bits per heavy atom. The maximum atomic E-state index is 9.58. The second-order valence-electron chi connectivity index (χ2n) is 4.57. The van der Waals surface area contributed by atoms with Crippen molar-refractivity contribution in [3.05, 3.63) is 0 Å². The number of nitrogens with zero attached hydrogens (tertiary/aromatic N) is 1. The summed E-state index contributed by atoms with van der Waals surface area (Å²) in [6, 6.07) is 0. The van der Waals surface area contributed by atoms with Crippen LogP contribution in [0.2, 0.25) is 0 Å². The van der Waals surface area contributed by atoms with Crippen LogP contribution >= 0.6 is 0 Å². The van der Waals surface area contributed by atoms with Crippen LogP contribution in [0.25, 0.3) is 0 Å². The molecular weight excluding hydrogens is 162 g/mol. The lowest BCUT2D eigenvalue weighted by molar-refractivity contribution is 0.138. The first-order valence-corrected chi connectivity index (χ1v) is 5.35. The van der Waals surface area contributed by atoms with Crippen molar-refractivity contribution >= 4 is 0 Å². The summed E-state index contributed by atoms with van der Waals surface area (Å²) < 4.78 is 0. The molecular formula is C11H25NO. The minimum Gasteiger partial charge on any atom is -0.393 e. The summed E-state index contributed by atoms with van der Waals surface area (Å²) in [5.41, 5.74) is 0. The molecule has 0 aromatic rings. The van der Waals surface area contributed by atoms with E-state index in [1.807, 2.05) is 14.1 Å². The van der Waals surface area contributed by atoms with Crippen molar-refractivity contribution in [2.75, 3.05) is 20.6 Å². The lowest BCUT2D eigenvalue weighted by atomic mass is 10.0. The lowest BCUT2D eigenvalue weighted by Crippen LogP contribution is -2.19. The van der Waals surface area contributed by atoms with Crippen LogP contribution in [0.1, 0.15) is 39.5 Å². The van der Waals surface area contributed by atoms with E-state index in [1.54, 1.807) is 0 Å². The summed E-state index contributed by atoms with van der Waals surface area (Å²) in [5.74, 6) is 0.765. The molecule has 80 valence electrons. The van der Waals surface area contributed by atoms with Crippen LogP contribution in [0.5, 0.6) is 0 Å². The third-order valence-corrected chi connectivity index (χ3v) is 2.23. The molecule has 0 saturated heterocycles. The Balaban J connectivity index is 3.25. The van der Waals surface area contributed by atoms with Gasteiger partial charge in [0.15, 0.2) is 0 Å². The van der Waals surface area contributed by atoms with Crippen molar-refractivity contribution in [3.8, 4) is 0 Å². The molecule has 0 saturated carbocycles. The molecule has 0 aliphatic heterocycles. The summed E-state index contributed by atoms with van der Waals surface area (Å²) in [4.78, 5) is 2.12. The van der Waals surface area contributed by atoms with Crippen molar-refractivity contribution in [1.82, 2.24) is 4.90 Å². The zero-order chi connectivity index (χ0) is 10.3. The van der Waals surface area contributed by atoms with Crippen molar-refractivity contribution in [3.63, 3.8) is 0 Å². The second kappa shape index (κ2) is 7.34. The van der Waals surface area contributed by atoms with Crippen molar-refractivity contribution < 1.29 is 5.11 Å². The summed E-state index contributed by atoms with van der Waals surface area (Å²) in [7, 11) is 4.08. The monoisotopic (exact) mass is 187 g/mol. The van der Waals surface area contributed by atoms with Gasteiger partial charge in [-0.25, -0.2) is 0 Å². The highest BCUT2D eigenvalue weighted by Gasteiger charge is 2.04. The quantitative estimate of drug-likeness (QED) is 0.660. The summed E-state index contributed by atoms with van der Waals surface area (Å²) in [6.07, 6.45) is 4.17. The van der Waals surface area contributed by atoms with E-state index in [9.17, 15) is 5.11 Å². The summed E-state index contributed by atoms with van der Waals surface area (Å²) in [6.45, 7) is 5.45. The number of aliphatic hydroxyl groups excluding tert-OH is 1. The van der Waals surface area contributed by atoms with Gasteiger partial charge in [-0.2, -0.15) is 0 Å². The molecule has 0 aliphatic carbocycles. The summed E-state index contributed by atoms with van der Waals surface area (Å²) in [5, 5.41) is 9.58. The van der Waals surface area contributed by atoms with E-state index in [2.05, 4.69) is 18.7 Å². The number of hydrogen-bond donors (Lipinski definition) is 1. The maximum absolute atomic E-state index is 9.58. The van der Waals surface area contributed by atoms with Gasteiger partial charge < -0.3 is 10.0 Å². The highest BCUT2D eigenvalue weighted by atomic mass is 16.3. The van der Waals surface area contributed by atoms with Crippen molar-refractivity contribution in [1.29, 1.82) is 0 Å². The average Bonchev–Trinajstić information content (AvgIpc) is 2.00. The molecule has 0 amide bonds. The number of rotatable bonds is 7. The van der Waals surface area contributed by atoms with E-state index in [1.165, 1.54) is 6.42 Å². The molecule has 1 unspecified atom stereocenters. The first-order chi connectivity index (χ1) is 6.02. The average molecular weight is 187 g/mol. The Bertz CT molecular complexity index is 113. The van der Waals surface area contributed by atoms with E-state index in [0.29, 0.717) is 0 Å². The van der Waals surface area contributed by atoms with E-state index >= 15 is 0 Å². The van der Waals surface area contributed by atoms with Gasteiger partial charge in [0.25, 0.3) is 0 Å². The van der Waals surface area contributed by atoms with Gasteiger partial charge in [-0.1, -0.05) is 26.7 Å². The molecule has 13 heavy (non-hydrogen) atoms. The van der Waals surface area contributed by atoms with Gasteiger partial charge in [0, 0.05) is 0 Å². The Morgan fingerprint density at radius 1 is 1.08 bits per heavy atom. The smallest absolute Gasteiger partial charge is 0.0552 e. The van der Waals surface area contributed by atoms with Crippen LogP contribution in [0.4, 0.5) is 0 Å². The van der Waals surface area contributed by atoms with Gasteiger partial charge in [0.05, 0.1) is 6.10 Å². The molecule has 0 fully saturated rings. The molecule has 0 aromatic heterocycles. The zero-order valence-electron chi connectivity index (χ0n) is 9.58. The van der Waals surface area contributed by atoms with Gasteiger partial charge in [-0.3, -0.25) is 0 Å².